The highest BCUT2D eigenvalue weighted by atomic mass is 32.1. The molecule has 1 fully saturated rings. The molecule has 1 aromatic carbocycles. The summed E-state index contributed by atoms with van der Waals surface area (Å²) < 4.78 is 5.51. The van der Waals surface area contributed by atoms with E-state index in [0.717, 1.165) is 37.4 Å². The second-order valence-corrected chi connectivity index (χ2v) is 8.73. The van der Waals surface area contributed by atoms with Crippen molar-refractivity contribution in [3.63, 3.8) is 0 Å². The number of carbonyl (C=O) groups excluding carboxylic acids is 2. The second-order valence-electron chi connectivity index (χ2n) is 8.24. The van der Waals surface area contributed by atoms with Crippen molar-refractivity contribution in [2.45, 2.75) is 43.8 Å². The van der Waals surface area contributed by atoms with Gasteiger partial charge in [-0.2, -0.15) is 12.6 Å². The fraction of sp³-hybridized carbons (Fsp3) is 0.391. The molecular formula is C23H25N3O3S. The molecule has 0 saturated carbocycles. The topological polar surface area (TPSA) is 65.8 Å². The van der Waals surface area contributed by atoms with Crippen molar-refractivity contribution in [3.8, 4) is 0 Å². The molecule has 156 valence electrons. The van der Waals surface area contributed by atoms with Crippen molar-refractivity contribution < 1.29 is 14.0 Å². The van der Waals surface area contributed by atoms with E-state index in [-0.39, 0.29) is 23.2 Å². The molecule has 30 heavy (non-hydrogen) atoms. The zero-order chi connectivity index (χ0) is 20.7. The minimum atomic E-state index is -0.298. The van der Waals surface area contributed by atoms with Crippen LogP contribution in [0.25, 0.3) is 5.57 Å². The molecular weight excluding hydrogens is 398 g/mol. The maximum atomic E-state index is 12.3. The van der Waals surface area contributed by atoms with Crippen LogP contribution < -0.4 is 5.32 Å². The summed E-state index contributed by atoms with van der Waals surface area (Å²) in [5, 5.41) is 2.34. The number of amides is 2. The molecule has 2 unspecified atom stereocenters. The summed E-state index contributed by atoms with van der Waals surface area (Å²) in [5.74, 6) is 0.586. The molecule has 1 saturated heterocycles. The van der Waals surface area contributed by atoms with Gasteiger partial charge < -0.3 is 4.42 Å². The number of nitrogens with one attached hydrogen (secondary N) is 1. The molecule has 2 aromatic rings. The van der Waals surface area contributed by atoms with Crippen molar-refractivity contribution in [1.29, 1.82) is 0 Å². The van der Waals surface area contributed by atoms with Crippen molar-refractivity contribution in [2.24, 2.45) is 0 Å². The van der Waals surface area contributed by atoms with E-state index in [1.165, 1.54) is 16.7 Å². The van der Waals surface area contributed by atoms with Crippen LogP contribution in [0, 0.1) is 0 Å². The largest absolute Gasteiger partial charge is 0.465 e. The fourth-order valence-electron chi connectivity index (χ4n) is 4.69. The Morgan fingerprint density at radius 3 is 2.83 bits per heavy atom. The Balaban J connectivity index is 1.25. The average Bonchev–Trinajstić information content (AvgIpc) is 3.37. The zero-order valence-corrected chi connectivity index (χ0v) is 17.6. The van der Waals surface area contributed by atoms with Crippen LogP contribution in [0.2, 0.25) is 0 Å². The predicted octanol–water partition coefficient (Wildman–Crippen LogP) is 3.12. The molecule has 2 amide bonds. The molecule has 3 aliphatic rings. The van der Waals surface area contributed by atoms with Crippen LogP contribution in [0.15, 0.2) is 47.1 Å². The predicted molar refractivity (Wildman–Crippen MR) is 116 cm³/mol. The van der Waals surface area contributed by atoms with E-state index in [9.17, 15) is 9.59 Å². The smallest absolute Gasteiger partial charge is 0.243 e. The number of piperidine rings is 1. The first-order valence-electron chi connectivity index (χ1n) is 10.4. The van der Waals surface area contributed by atoms with E-state index in [1.54, 1.807) is 6.26 Å². The van der Waals surface area contributed by atoms with Gasteiger partial charge in [-0.1, -0.05) is 24.3 Å². The van der Waals surface area contributed by atoms with Gasteiger partial charge in [0.25, 0.3) is 0 Å². The van der Waals surface area contributed by atoms with E-state index in [1.807, 2.05) is 12.1 Å². The van der Waals surface area contributed by atoms with E-state index in [4.69, 9.17) is 17.0 Å². The lowest BCUT2D eigenvalue weighted by molar-refractivity contribution is -0.137. The van der Waals surface area contributed by atoms with Gasteiger partial charge in [-0.05, 0) is 47.2 Å². The van der Waals surface area contributed by atoms with Crippen LogP contribution in [-0.4, -0.2) is 40.7 Å². The molecule has 2 atom stereocenters. The number of hydrogen-bond donors (Lipinski definition) is 2. The Hall–Kier alpha value is -2.35. The molecule has 6 nitrogen and oxygen atoms in total. The fourth-order valence-corrected chi connectivity index (χ4v) is 5.18. The standard InChI is InChI=1S/C23H25N3O3S/c27-21-6-5-19(22(28)24-21)26-14-17-12-15(3-4-18(17)23(26)30)13-25-9-7-16(8-10-25)20-2-1-11-29-20/h1-4,7,11-12,19,23,30H,5-6,8-10,13-14H2,(H,24,27,28). The van der Waals surface area contributed by atoms with Gasteiger partial charge in [0.1, 0.15) is 5.76 Å². The lowest BCUT2D eigenvalue weighted by Gasteiger charge is -2.32. The molecule has 7 heteroatoms. The summed E-state index contributed by atoms with van der Waals surface area (Å²) in [6.45, 7) is 3.49. The first kappa shape index (κ1) is 19.6. The quantitative estimate of drug-likeness (QED) is 0.584. The van der Waals surface area contributed by atoms with Gasteiger partial charge in [0, 0.05) is 32.6 Å². The number of nitrogens with zero attached hydrogens (tertiary/aromatic N) is 2. The van der Waals surface area contributed by atoms with Crippen molar-refractivity contribution in [2.75, 3.05) is 13.1 Å². The Morgan fingerprint density at radius 1 is 1.20 bits per heavy atom. The number of rotatable bonds is 4. The van der Waals surface area contributed by atoms with Crippen LogP contribution in [0.5, 0.6) is 0 Å². The Kier molecular flexibility index (Phi) is 5.26. The molecule has 3 aliphatic heterocycles. The molecule has 1 N–H and O–H groups in total. The summed E-state index contributed by atoms with van der Waals surface area (Å²) in [5.41, 5.74) is 4.93. The van der Waals surface area contributed by atoms with E-state index < -0.39 is 0 Å². The van der Waals surface area contributed by atoms with E-state index in [0.29, 0.717) is 19.4 Å². The van der Waals surface area contributed by atoms with Crippen molar-refractivity contribution in [3.05, 3.63) is 65.1 Å². The minimum absolute atomic E-state index is 0.119. The monoisotopic (exact) mass is 423 g/mol. The number of hydrogen-bond acceptors (Lipinski definition) is 6. The third-order valence-corrected chi connectivity index (χ3v) is 6.87. The summed E-state index contributed by atoms with van der Waals surface area (Å²) in [6, 6.07) is 10.2. The molecule has 4 heterocycles. The first-order chi connectivity index (χ1) is 14.6. The van der Waals surface area contributed by atoms with Crippen LogP contribution in [-0.2, 0) is 22.7 Å². The number of benzene rings is 1. The molecule has 0 spiro atoms. The Morgan fingerprint density at radius 2 is 2.10 bits per heavy atom. The third-order valence-electron chi connectivity index (χ3n) is 6.30. The Bertz CT molecular complexity index is 1000. The van der Waals surface area contributed by atoms with Gasteiger partial charge in [-0.25, -0.2) is 0 Å². The number of furan rings is 1. The van der Waals surface area contributed by atoms with Crippen LogP contribution >= 0.6 is 12.6 Å². The highest BCUT2D eigenvalue weighted by molar-refractivity contribution is 7.80. The van der Waals surface area contributed by atoms with Gasteiger partial charge in [-0.3, -0.25) is 24.7 Å². The number of thiol groups is 1. The molecule has 0 bridgehead atoms. The third kappa shape index (κ3) is 3.73. The van der Waals surface area contributed by atoms with Crippen LogP contribution in [0.4, 0.5) is 0 Å². The summed E-state index contributed by atoms with van der Waals surface area (Å²) in [7, 11) is 0. The summed E-state index contributed by atoms with van der Waals surface area (Å²) >= 11 is 4.78. The van der Waals surface area contributed by atoms with Gasteiger partial charge >= 0.3 is 0 Å². The molecule has 0 aliphatic carbocycles. The summed E-state index contributed by atoms with van der Waals surface area (Å²) in [6.07, 6.45) is 5.91. The first-order valence-corrected chi connectivity index (χ1v) is 10.9. The minimum Gasteiger partial charge on any atom is -0.465 e. The number of fused-ring (bicyclic) bond motifs is 1. The average molecular weight is 424 g/mol. The van der Waals surface area contributed by atoms with Gasteiger partial charge in [0.2, 0.25) is 11.8 Å². The number of carbonyl (C=O) groups is 2. The maximum absolute atomic E-state index is 12.3. The van der Waals surface area contributed by atoms with Gasteiger partial charge in [0.15, 0.2) is 0 Å². The molecule has 0 radical (unpaired) electrons. The maximum Gasteiger partial charge on any atom is 0.243 e. The van der Waals surface area contributed by atoms with Gasteiger partial charge in [-0.15, -0.1) is 0 Å². The van der Waals surface area contributed by atoms with E-state index >= 15 is 0 Å². The lowest BCUT2D eigenvalue weighted by Crippen LogP contribution is -2.51. The highest BCUT2D eigenvalue weighted by Gasteiger charge is 2.39. The van der Waals surface area contributed by atoms with Crippen molar-refractivity contribution in [1.82, 2.24) is 15.1 Å². The van der Waals surface area contributed by atoms with Crippen molar-refractivity contribution >= 4 is 30.0 Å². The Labute approximate surface area is 181 Å². The molecule has 5 rings (SSSR count). The van der Waals surface area contributed by atoms with Crippen LogP contribution in [0.1, 0.15) is 47.1 Å². The normalized spacial score (nSPS) is 25.2. The van der Waals surface area contributed by atoms with E-state index in [2.05, 4.69) is 39.4 Å². The number of imide groups is 1. The van der Waals surface area contributed by atoms with Gasteiger partial charge in [0.05, 0.1) is 17.7 Å². The second kappa shape index (κ2) is 8.06. The zero-order valence-electron chi connectivity index (χ0n) is 16.7. The lowest BCUT2D eigenvalue weighted by atomic mass is 10.0. The molecule has 1 aromatic heterocycles. The highest BCUT2D eigenvalue weighted by Crippen LogP contribution is 2.39. The van der Waals surface area contributed by atoms with Crippen LogP contribution in [0.3, 0.4) is 0 Å². The summed E-state index contributed by atoms with van der Waals surface area (Å²) in [4.78, 5) is 28.3. The SMILES string of the molecule is O=C1CCC(N2Cc3cc(CN4CC=C(c5ccco5)CC4)ccc3C2S)C(=O)N1.